The van der Waals surface area contributed by atoms with Crippen molar-refractivity contribution in [2.45, 2.75) is 58.3 Å². The van der Waals surface area contributed by atoms with Crippen molar-refractivity contribution in [1.82, 2.24) is 10.6 Å². The van der Waals surface area contributed by atoms with Gasteiger partial charge >= 0.3 is 6.09 Å². The molecule has 2 atom stereocenters. The molecule has 1 saturated carbocycles. The van der Waals surface area contributed by atoms with Crippen LogP contribution in [0, 0.1) is 0 Å². The van der Waals surface area contributed by atoms with Crippen LogP contribution in [0.3, 0.4) is 0 Å². The second kappa shape index (κ2) is 7.01. The molecule has 0 heterocycles. The maximum absolute atomic E-state index is 11.7. The molecule has 0 saturated heterocycles. The topological polar surface area (TPSA) is 59.6 Å². The van der Waals surface area contributed by atoms with Crippen LogP contribution in [0.5, 0.6) is 5.75 Å². The van der Waals surface area contributed by atoms with Crippen LogP contribution in [0.2, 0.25) is 0 Å². The van der Waals surface area contributed by atoms with Gasteiger partial charge in [-0.1, -0.05) is 12.1 Å². The number of alkyl carbamates (subject to hydrolysis) is 1. The predicted octanol–water partition coefficient (Wildman–Crippen LogP) is 2.84. The smallest absolute Gasteiger partial charge is 0.407 e. The summed E-state index contributed by atoms with van der Waals surface area (Å²) in [6, 6.07) is 8.51. The molecule has 1 amide bonds. The van der Waals surface area contributed by atoms with Gasteiger partial charge < -0.3 is 20.1 Å². The molecule has 0 spiro atoms. The van der Waals surface area contributed by atoms with Crippen LogP contribution in [-0.2, 0) is 11.3 Å². The Hall–Kier alpha value is -1.75. The first-order valence-corrected chi connectivity index (χ1v) is 7.82. The van der Waals surface area contributed by atoms with Gasteiger partial charge in [0.2, 0.25) is 0 Å². The maximum Gasteiger partial charge on any atom is 0.407 e. The zero-order valence-electron chi connectivity index (χ0n) is 13.8. The molecule has 122 valence electrons. The number of hydrogen-bond donors (Lipinski definition) is 2. The third-order valence-electron chi connectivity index (χ3n) is 3.27. The summed E-state index contributed by atoms with van der Waals surface area (Å²) >= 11 is 0. The van der Waals surface area contributed by atoms with Gasteiger partial charge in [0.1, 0.15) is 11.4 Å². The molecule has 5 heteroatoms. The molecular formula is C17H26N2O3. The normalized spacial score (nSPS) is 20.4. The van der Waals surface area contributed by atoms with Crippen molar-refractivity contribution < 1.29 is 14.3 Å². The fraction of sp³-hybridized carbons (Fsp3) is 0.588. The minimum atomic E-state index is -0.457. The number of nitrogens with one attached hydrogen (secondary N) is 2. The monoisotopic (exact) mass is 306 g/mol. The Morgan fingerprint density at radius 1 is 1.32 bits per heavy atom. The maximum atomic E-state index is 11.7. The van der Waals surface area contributed by atoms with Crippen LogP contribution in [0.25, 0.3) is 0 Å². The molecule has 1 aromatic carbocycles. The summed E-state index contributed by atoms with van der Waals surface area (Å²) in [5.41, 5.74) is 0.718. The third-order valence-corrected chi connectivity index (χ3v) is 3.27. The molecule has 0 aromatic heterocycles. The average Bonchev–Trinajstić information content (AvgIpc) is 3.13. The summed E-state index contributed by atoms with van der Waals surface area (Å²) < 4.78 is 10.7. The molecule has 22 heavy (non-hydrogen) atoms. The highest BCUT2D eigenvalue weighted by molar-refractivity contribution is 5.68. The quantitative estimate of drug-likeness (QED) is 0.848. The van der Waals surface area contributed by atoms with Crippen LogP contribution in [0.15, 0.2) is 24.3 Å². The van der Waals surface area contributed by atoms with Gasteiger partial charge in [-0.15, -0.1) is 0 Å². The second-order valence-electron chi connectivity index (χ2n) is 6.56. The molecular weight excluding hydrogens is 280 g/mol. The van der Waals surface area contributed by atoms with Crippen molar-refractivity contribution in [2.24, 2.45) is 0 Å². The molecule has 2 rings (SSSR count). The van der Waals surface area contributed by atoms with Gasteiger partial charge in [-0.2, -0.15) is 0 Å². The van der Waals surface area contributed by atoms with E-state index in [0.717, 1.165) is 18.7 Å². The lowest BCUT2D eigenvalue weighted by Crippen LogP contribution is -2.36. The fourth-order valence-corrected chi connectivity index (χ4v) is 2.20. The first-order valence-electron chi connectivity index (χ1n) is 7.82. The van der Waals surface area contributed by atoms with Gasteiger partial charge in [0.05, 0.1) is 6.61 Å². The lowest BCUT2D eigenvalue weighted by molar-refractivity contribution is 0.0522. The molecule has 0 aliphatic heterocycles. The number of ether oxygens (including phenoxy) is 2. The van der Waals surface area contributed by atoms with E-state index in [1.807, 2.05) is 45.9 Å². The first-order chi connectivity index (χ1) is 10.4. The Morgan fingerprint density at radius 3 is 2.77 bits per heavy atom. The molecule has 0 bridgehead atoms. The Balaban J connectivity index is 1.71. The van der Waals surface area contributed by atoms with Crippen LogP contribution in [0.1, 0.15) is 39.7 Å². The van der Waals surface area contributed by atoms with Gasteiger partial charge in [0.25, 0.3) is 0 Å². The number of carbonyl (C=O) groups excluding carboxylic acids is 1. The molecule has 2 N–H and O–H groups in total. The van der Waals surface area contributed by atoms with Crippen molar-refractivity contribution in [3.05, 3.63) is 29.8 Å². The predicted molar refractivity (Wildman–Crippen MR) is 86.0 cm³/mol. The summed E-state index contributed by atoms with van der Waals surface area (Å²) in [4.78, 5) is 11.7. The van der Waals surface area contributed by atoms with E-state index in [0.29, 0.717) is 12.6 Å². The average molecular weight is 306 g/mol. The molecule has 1 fully saturated rings. The van der Waals surface area contributed by atoms with Crippen molar-refractivity contribution in [3.63, 3.8) is 0 Å². The fourth-order valence-electron chi connectivity index (χ4n) is 2.20. The van der Waals surface area contributed by atoms with E-state index < -0.39 is 5.60 Å². The van der Waals surface area contributed by atoms with Crippen molar-refractivity contribution in [2.75, 3.05) is 6.61 Å². The van der Waals surface area contributed by atoms with E-state index in [9.17, 15) is 4.79 Å². The van der Waals surface area contributed by atoms with Crippen molar-refractivity contribution in [1.29, 1.82) is 0 Å². The molecule has 0 radical (unpaired) electrons. The zero-order chi connectivity index (χ0) is 16.2. The van der Waals surface area contributed by atoms with Gasteiger partial charge in [-0.05, 0) is 51.8 Å². The van der Waals surface area contributed by atoms with E-state index in [1.54, 1.807) is 0 Å². The number of benzene rings is 1. The highest BCUT2D eigenvalue weighted by atomic mass is 16.6. The summed E-state index contributed by atoms with van der Waals surface area (Å²) in [6.45, 7) is 8.99. The summed E-state index contributed by atoms with van der Waals surface area (Å²) in [5, 5.41) is 6.31. The lowest BCUT2D eigenvalue weighted by atomic mass is 10.2. The summed E-state index contributed by atoms with van der Waals surface area (Å²) in [5.74, 6) is 0.890. The molecule has 1 aromatic rings. The Kier molecular flexibility index (Phi) is 5.29. The number of hydrogen-bond acceptors (Lipinski definition) is 4. The van der Waals surface area contributed by atoms with E-state index in [1.165, 1.54) is 5.56 Å². The number of amides is 1. The Bertz CT molecular complexity index is 511. The van der Waals surface area contributed by atoms with Crippen LogP contribution in [0.4, 0.5) is 4.79 Å². The minimum absolute atomic E-state index is 0.157. The highest BCUT2D eigenvalue weighted by Crippen LogP contribution is 2.23. The van der Waals surface area contributed by atoms with Crippen LogP contribution < -0.4 is 15.4 Å². The van der Waals surface area contributed by atoms with E-state index >= 15 is 0 Å². The second-order valence-corrected chi connectivity index (χ2v) is 6.56. The number of rotatable bonds is 6. The van der Waals surface area contributed by atoms with Crippen molar-refractivity contribution >= 4 is 6.09 Å². The largest absolute Gasteiger partial charge is 0.494 e. The zero-order valence-corrected chi connectivity index (χ0v) is 13.8. The van der Waals surface area contributed by atoms with E-state index in [4.69, 9.17) is 9.47 Å². The lowest BCUT2D eigenvalue weighted by Gasteiger charge is -2.19. The molecule has 5 nitrogen and oxygen atoms in total. The Labute approximate surface area is 132 Å². The van der Waals surface area contributed by atoms with Gasteiger partial charge in [-0.3, -0.25) is 0 Å². The van der Waals surface area contributed by atoms with E-state index in [-0.39, 0.29) is 12.1 Å². The van der Waals surface area contributed by atoms with Crippen LogP contribution in [-0.4, -0.2) is 30.4 Å². The van der Waals surface area contributed by atoms with Gasteiger partial charge in [0, 0.05) is 18.6 Å². The summed E-state index contributed by atoms with van der Waals surface area (Å²) in [6.07, 6.45) is 0.588. The third kappa shape index (κ3) is 5.56. The first kappa shape index (κ1) is 16.6. The highest BCUT2D eigenvalue weighted by Gasteiger charge is 2.38. The Morgan fingerprint density at radius 2 is 2.09 bits per heavy atom. The van der Waals surface area contributed by atoms with Gasteiger partial charge in [0.15, 0.2) is 0 Å². The molecule has 1 aliphatic rings. The van der Waals surface area contributed by atoms with Crippen molar-refractivity contribution in [3.8, 4) is 5.75 Å². The molecule has 1 aliphatic carbocycles. The number of carbonyl (C=O) groups is 1. The minimum Gasteiger partial charge on any atom is -0.494 e. The van der Waals surface area contributed by atoms with E-state index in [2.05, 4.69) is 16.7 Å². The SMILES string of the molecule is CCOc1cccc(CNC2CC2NC(=O)OC(C)(C)C)c1. The van der Waals surface area contributed by atoms with Crippen LogP contribution >= 0.6 is 0 Å². The summed E-state index contributed by atoms with van der Waals surface area (Å²) in [7, 11) is 0. The van der Waals surface area contributed by atoms with Gasteiger partial charge in [-0.25, -0.2) is 4.79 Å². The standard InChI is InChI=1S/C17H26N2O3/c1-5-21-13-8-6-7-12(9-13)11-18-14-10-15(14)19-16(20)22-17(2,3)4/h6-9,14-15,18H,5,10-11H2,1-4H3,(H,19,20). The molecule has 2 unspecified atom stereocenters.